The van der Waals surface area contributed by atoms with Gasteiger partial charge in [-0.3, -0.25) is 4.79 Å². The molecule has 0 aromatic heterocycles. The van der Waals surface area contributed by atoms with Crippen LogP contribution >= 0.6 is 46.6 Å². The van der Waals surface area contributed by atoms with Gasteiger partial charge in [-0.25, -0.2) is 0 Å². The Morgan fingerprint density at radius 1 is 1.15 bits per heavy atom. The molecule has 1 N–H and O–H groups in total. The molecule has 27 heavy (non-hydrogen) atoms. The molecule has 0 aliphatic heterocycles. The number of halogens is 3. The Hall–Kier alpha value is -1.07. The van der Waals surface area contributed by atoms with Crippen molar-refractivity contribution < 1.29 is 9.53 Å². The lowest BCUT2D eigenvalue weighted by molar-refractivity contribution is -0.127. The Balaban J connectivity index is 1.75. The van der Waals surface area contributed by atoms with Crippen molar-refractivity contribution in [3.05, 3.63) is 62.1 Å². The van der Waals surface area contributed by atoms with Crippen LogP contribution in [0.25, 0.3) is 0 Å². The molecule has 0 bridgehead atoms. The van der Waals surface area contributed by atoms with E-state index in [1.54, 1.807) is 18.7 Å². The molecule has 0 heterocycles. The summed E-state index contributed by atoms with van der Waals surface area (Å²) in [6, 6.07) is 9.14. The van der Waals surface area contributed by atoms with Crippen molar-refractivity contribution in [1.29, 1.82) is 0 Å². The number of ether oxygens (including phenoxy) is 1. The van der Waals surface area contributed by atoms with Gasteiger partial charge in [0.15, 0.2) is 6.10 Å². The van der Waals surface area contributed by atoms with E-state index in [4.69, 9.17) is 39.5 Å². The maximum absolute atomic E-state index is 12.2. The summed E-state index contributed by atoms with van der Waals surface area (Å²) in [4.78, 5) is 12.2. The van der Waals surface area contributed by atoms with E-state index >= 15 is 0 Å². The fourth-order valence-corrected chi connectivity index (χ4v) is 4.17. The van der Waals surface area contributed by atoms with Crippen molar-refractivity contribution >= 4 is 52.5 Å². The van der Waals surface area contributed by atoms with E-state index in [1.807, 2.05) is 44.2 Å². The molecular formula is C20H22Cl3NO2S. The molecule has 2 rings (SSSR count). The van der Waals surface area contributed by atoms with Crippen molar-refractivity contribution in [3.8, 4) is 5.75 Å². The van der Waals surface area contributed by atoms with Gasteiger partial charge in [-0.1, -0.05) is 40.9 Å². The molecule has 7 heteroatoms. The van der Waals surface area contributed by atoms with Crippen LogP contribution < -0.4 is 10.1 Å². The molecule has 146 valence electrons. The second-order valence-corrected chi connectivity index (χ2v) is 8.47. The number of rotatable bonds is 8. The summed E-state index contributed by atoms with van der Waals surface area (Å²) >= 11 is 20.1. The number of hydrogen-bond donors (Lipinski definition) is 1. The first kappa shape index (κ1) is 22.2. The number of carbonyl (C=O) groups is 1. The highest BCUT2D eigenvalue weighted by atomic mass is 35.5. The topological polar surface area (TPSA) is 38.3 Å². The van der Waals surface area contributed by atoms with Crippen molar-refractivity contribution in [1.82, 2.24) is 5.32 Å². The number of amides is 1. The van der Waals surface area contributed by atoms with Gasteiger partial charge in [-0.15, -0.1) is 0 Å². The SMILES string of the molecule is Cc1cc(O[C@H](C)C(=O)NCCSCc2c(Cl)cccc2Cl)cc(C)c1Cl. The zero-order valence-electron chi connectivity index (χ0n) is 15.4. The third kappa shape index (κ3) is 6.49. The fourth-order valence-electron chi connectivity index (χ4n) is 2.47. The van der Waals surface area contributed by atoms with Crippen LogP contribution in [0.2, 0.25) is 15.1 Å². The predicted molar refractivity (Wildman–Crippen MR) is 117 cm³/mol. The Morgan fingerprint density at radius 3 is 2.33 bits per heavy atom. The number of nitrogens with one attached hydrogen (secondary N) is 1. The zero-order valence-corrected chi connectivity index (χ0v) is 18.5. The van der Waals surface area contributed by atoms with Crippen LogP contribution in [-0.2, 0) is 10.5 Å². The maximum atomic E-state index is 12.2. The quantitative estimate of drug-likeness (QED) is 0.499. The number of hydrogen-bond acceptors (Lipinski definition) is 3. The molecule has 1 atom stereocenters. The van der Waals surface area contributed by atoms with Crippen molar-refractivity contribution in [2.75, 3.05) is 12.3 Å². The molecule has 0 fully saturated rings. The van der Waals surface area contributed by atoms with Gasteiger partial charge in [0.1, 0.15) is 5.75 Å². The lowest BCUT2D eigenvalue weighted by atomic mass is 10.1. The molecule has 1 amide bonds. The molecule has 0 aliphatic rings. The van der Waals surface area contributed by atoms with E-state index in [9.17, 15) is 4.79 Å². The normalized spacial score (nSPS) is 11.9. The Labute approximate surface area is 179 Å². The van der Waals surface area contributed by atoms with E-state index in [1.165, 1.54) is 0 Å². The third-order valence-electron chi connectivity index (χ3n) is 3.95. The number of thioether (sulfide) groups is 1. The summed E-state index contributed by atoms with van der Waals surface area (Å²) in [6.07, 6.45) is -0.590. The van der Waals surface area contributed by atoms with E-state index in [0.29, 0.717) is 28.1 Å². The standard InChI is InChI=1S/C20H22Cl3NO2S/c1-12-9-15(10-13(2)19(12)23)26-14(3)20(25)24-7-8-27-11-16-17(21)5-4-6-18(16)22/h4-6,9-10,14H,7-8,11H2,1-3H3,(H,24,25)/t14-/m1/s1. The summed E-state index contributed by atoms with van der Waals surface area (Å²) in [7, 11) is 0. The van der Waals surface area contributed by atoms with Gasteiger partial charge >= 0.3 is 0 Å². The van der Waals surface area contributed by atoms with Crippen LogP contribution in [-0.4, -0.2) is 24.3 Å². The van der Waals surface area contributed by atoms with E-state index < -0.39 is 6.10 Å². The second kappa shape index (κ2) is 10.5. The lowest BCUT2D eigenvalue weighted by Crippen LogP contribution is -2.37. The molecular weight excluding hydrogens is 425 g/mol. The summed E-state index contributed by atoms with van der Waals surface area (Å²) in [6.45, 7) is 6.09. The van der Waals surface area contributed by atoms with Gasteiger partial charge in [-0.05, 0) is 61.7 Å². The highest BCUT2D eigenvalue weighted by Crippen LogP contribution is 2.28. The van der Waals surface area contributed by atoms with E-state index in [0.717, 1.165) is 27.5 Å². The minimum absolute atomic E-state index is 0.156. The van der Waals surface area contributed by atoms with Crippen LogP contribution in [0, 0.1) is 13.8 Å². The molecule has 0 saturated heterocycles. The van der Waals surface area contributed by atoms with E-state index in [2.05, 4.69) is 5.32 Å². The van der Waals surface area contributed by atoms with Gasteiger partial charge < -0.3 is 10.1 Å². The predicted octanol–water partition coefficient (Wildman–Crippen LogP) is 6.08. The largest absolute Gasteiger partial charge is 0.481 e. The number of aryl methyl sites for hydroxylation is 2. The lowest BCUT2D eigenvalue weighted by Gasteiger charge is -2.16. The first-order chi connectivity index (χ1) is 12.8. The van der Waals surface area contributed by atoms with Crippen LogP contribution in [0.15, 0.2) is 30.3 Å². The van der Waals surface area contributed by atoms with Gasteiger partial charge in [0.05, 0.1) is 0 Å². The zero-order chi connectivity index (χ0) is 20.0. The maximum Gasteiger partial charge on any atom is 0.260 e. The summed E-state index contributed by atoms with van der Waals surface area (Å²) < 4.78 is 5.74. The Bertz CT molecular complexity index is 771. The van der Waals surface area contributed by atoms with Crippen LogP contribution in [0.3, 0.4) is 0 Å². The summed E-state index contributed by atoms with van der Waals surface area (Å²) in [5.41, 5.74) is 2.77. The van der Waals surface area contributed by atoms with Crippen molar-refractivity contribution in [2.24, 2.45) is 0 Å². The van der Waals surface area contributed by atoms with E-state index in [-0.39, 0.29) is 5.91 Å². The highest BCUT2D eigenvalue weighted by Gasteiger charge is 2.15. The molecule has 0 aliphatic carbocycles. The Morgan fingerprint density at radius 2 is 1.74 bits per heavy atom. The fraction of sp³-hybridized carbons (Fsp3) is 0.350. The monoisotopic (exact) mass is 445 g/mol. The summed E-state index contributed by atoms with van der Waals surface area (Å²) in [5, 5.41) is 4.92. The molecule has 0 radical (unpaired) electrons. The minimum atomic E-state index is -0.590. The van der Waals surface area contributed by atoms with Crippen LogP contribution in [0.5, 0.6) is 5.75 Å². The van der Waals surface area contributed by atoms with Gasteiger partial charge in [-0.2, -0.15) is 11.8 Å². The average molecular weight is 447 g/mol. The molecule has 2 aromatic rings. The molecule has 2 aromatic carbocycles. The second-order valence-electron chi connectivity index (χ2n) is 6.17. The highest BCUT2D eigenvalue weighted by molar-refractivity contribution is 7.98. The van der Waals surface area contributed by atoms with Crippen molar-refractivity contribution in [2.45, 2.75) is 32.6 Å². The first-order valence-electron chi connectivity index (χ1n) is 8.51. The molecule has 0 unspecified atom stereocenters. The van der Waals surface area contributed by atoms with Gasteiger partial charge in [0.2, 0.25) is 0 Å². The minimum Gasteiger partial charge on any atom is -0.481 e. The smallest absolute Gasteiger partial charge is 0.260 e. The third-order valence-corrected chi connectivity index (χ3v) is 6.24. The van der Waals surface area contributed by atoms with Gasteiger partial charge in [0.25, 0.3) is 5.91 Å². The number of carbonyl (C=O) groups excluding carboxylic acids is 1. The van der Waals surface area contributed by atoms with Crippen molar-refractivity contribution in [3.63, 3.8) is 0 Å². The molecule has 0 spiro atoms. The molecule has 3 nitrogen and oxygen atoms in total. The average Bonchev–Trinajstić information content (AvgIpc) is 2.61. The number of benzene rings is 2. The summed E-state index contributed by atoms with van der Waals surface area (Å²) in [5.74, 6) is 1.93. The molecule has 0 saturated carbocycles. The first-order valence-corrected chi connectivity index (χ1v) is 10.8. The van der Waals surface area contributed by atoms with Crippen LogP contribution in [0.1, 0.15) is 23.6 Å². The van der Waals surface area contributed by atoms with Gasteiger partial charge in [0, 0.05) is 33.1 Å². The Kier molecular flexibility index (Phi) is 8.62. The van der Waals surface area contributed by atoms with Crippen LogP contribution in [0.4, 0.5) is 0 Å².